The second-order valence-electron chi connectivity index (χ2n) is 16.6. The van der Waals surface area contributed by atoms with Gasteiger partial charge < -0.3 is 20.6 Å². The summed E-state index contributed by atoms with van der Waals surface area (Å²) in [5.74, 6) is 0.691. The number of aliphatic hydroxyl groups is 1. The number of aryl methyl sites for hydroxylation is 3. The minimum Gasteiger partial charge on any atom is -0.391 e. The third-order valence-electron chi connectivity index (χ3n) is 10.9. The summed E-state index contributed by atoms with van der Waals surface area (Å²) in [5, 5.41) is 26.2. The smallest absolute Gasteiger partial charge is 0.246 e. The SMILES string of the molecule is CC(=O)N[C@H](C(=O)N1C[C@H](O)C[C@H]1C(=O)NCc1ccc(-c2scnc2C)cc1)C(C)(C)C.CCC(=O)C[C@@H]1N=C(c2ccc(Cl)cc2)c2c(sc(C)c2C)-n2c(C)nnc21. The lowest BCUT2D eigenvalue weighted by atomic mass is 9.85. The number of nitrogens with one attached hydrogen (secondary N) is 2. The molecule has 61 heavy (non-hydrogen) atoms. The van der Waals surface area contributed by atoms with Gasteiger partial charge in [-0.2, -0.15) is 0 Å². The van der Waals surface area contributed by atoms with E-state index < -0.39 is 23.6 Å². The lowest BCUT2D eigenvalue weighted by Crippen LogP contribution is -2.57. The summed E-state index contributed by atoms with van der Waals surface area (Å²) in [6.07, 6.45) is 0.177. The van der Waals surface area contributed by atoms with Crippen molar-refractivity contribution in [1.82, 2.24) is 35.3 Å². The molecule has 0 bridgehead atoms. The number of carbonyl (C=O) groups excluding carboxylic acids is 4. The number of fused-ring (bicyclic) bond motifs is 3. The highest BCUT2D eigenvalue weighted by atomic mass is 35.5. The van der Waals surface area contributed by atoms with E-state index in [0.29, 0.717) is 24.4 Å². The Bertz CT molecular complexity index is 2450. The Balaban J connectivity index is 0.000000206. The molecule has 1 saturated heterocycles. The second-order valence-corrected chi connectivity index (χ2v) is 19.1. The first-order valence-electron chi connectivity index (χ1n) is 20.3. The lowest BCUT2D eigenvalue weighted by Gasteiger charge is -2.35. The summed E-state index contributed by atoms with van der Waals surface area (Å²) in [5.41, 5.74) is 8.40. The van der Waals surface area contributed by atoms with Crippen molar-refractivity contribution in [2.24, 2.45) is 10.4 Å². The van der Waals surface area contributed by atoms with E-state index in [0.717, 1.165) is 55.2 Å². The first-order chi connectivity index (χ1) is 28.9. The molecular weight excluding hydrogens is 832 g/mol. The van der Waals surface area contributed by atoms with Crippen LogP contribution in [0.25, 0.3) is 15.4 Å². The van der Waals surface area contributed by atoms with Gasteiger partial charge in [0.25, 0.3) is 0 Å². The molecule has 0 radical (unpaired) electrons. The molecule has 1 fully saturated rings. The van der Waals surface area contributed by atoms with Crippen LogP contribution in [0.2, 0.25) is 5.02 Å². The van der Waals surface area contributed by atoms with Crippen LogP contribution < -0.4 is 10.6 Å². The summed E-state index contributed by atoms with van der Waals surface area (Å²) in [6, 6.07) is 13.7. The Morgan fingerprint density at radius 3 is 2.26 bits per heavy atom. The highest BCUT2D eigenvalue weighted by Crippen LogP contribution is 2.40. The molecule has 0 aliphatic carbocycles. The highest BCUT2D eigenvalue weighted by Gasteiger charge is 2.44. The zero-order chi connectivity index (χ0) is 44.3. The van der Waals surface area contributed by atoms with Crippen LogP contribution in [0.1, 0.15) is 104 Å². The number of aliphatic imine (C=N–C) groups is 1. The molecule has 13 nitrogen and oxygen atoms in total. The van der Waals surface area contributed by atoms with Crippen LogP contribution in [0, 0.1) is 33.1 Å². The lowest BCUT2D eigenvalue weighted by molar-refractivity contribution is -0.143. The Morgan fingerprint density at radius 1 is 0.984 bits per heavy atom. The molecule has 2 aliphatic heterocycles. The zero-order valence-electron chi connectivity index (χ0n) is 36.0. The fraction of sp³-hybridized carbons (Fsp3) is 0.422. The summed E-state index contributed by atoms with van der Waals surface area (Å²) in [7, 11) is 0. The van der Waals surface area contributed by atoms with E-state index in [9.17, 15) is 24.3 Å². The molecule has 5 heterocycles. The van der Waals surface area contributed by atoms with Gasteiger partial charge in [-0.3, -0.25) is 28.7 Å². The van der Waals surface area contributed by atoms with Crippen LogP contribution in [-0.4, -0.2) is 83.7 Å². The van der Waals surface area contributed by atoms with E-state index in [1.165, 1.54) is 22.3 Å². The number of hydrogen-bond donors (Lipinski definition) is 3. The summed E-state index contributed by atoms with van der Waals surface area (Å²) < 4.78 is 2.07. The summed E-state index contributed by atoms with van der Waals surface area (Å²) in [4.78, 5) is 63.3. The van der Waals surface area contributed by atoms with Gasteiger partial charge in [0.05, 0.1) is 27.9 Å². The maximum Gasteiger partial charge on any atom is 0.246 e. The highest BCUT2D eigenvalue weighted by molar-refractivity contribution is 7.15. The number of thiophene rings is 1. The maximum atomic E-state index is 13.3. The van der Waals surface area contributed by atoms with Gasteiger partial charge in [-0.1, -0.05) is 75.7 Å². The van der Waals surface area contributed by atoms with Gasteiger partial charge in [0, 0.05) is 60.3 Å². The van der Waals surface area contributed by atoms with Crippen molar-refractivity contribution in [3.63, 3.8) is 0 Å². The molecule has 2 aliphatic rings. The van der Waals surface area contributed by atoms with Gasteiger partial charge in [-0.05, 0) is 61.9 Å². The third-order valence-corrected chi connectivity index (χ3v) is 13.3. The van der Waals surface area contributed by atoms with Gasteiger partial charge in [0.2, 0.25) is 17.7 Å². The van der Waals surface area contributed by atoms with Crippen molar-refractivity contribution in [3.05, 3.63) is 104 Å². The van der Waals surface area contributed by atoms with Crippen molar-refractivity contribution in [2.45, 2.75) is 112 Å². The number of thiazole rings is 1. The number of likely N-dealkylation sites (tertiary alicyclic amines) is 1. The predicted molar refractivity (Wildman–Crippen MR) is 241 cm³/mol. The molecule has 3 N–H and O–H groups in total. The molecule has 3 amide bonds. The zero-order valence-corrected chi connectivity index (χ0v) is 38.4. The van der Waals surface area contributed by atoms with E-state index in [4.69, 9.17) is 16.6 Å². The largest absolute Gasteiger partial charge is 0.391 e. The number of rotatable bonds is 10. The van der Waals surface area contributed by atoms with Gasteiger partial charge >= 0.3 is 0 Å². The minimum atomic E-state index is -0.793. The number of aromatic nitrogens is 4. The average Bonchev–Trinajstić information content (AvgIpc) is 3.98. The molecule has 16 heteroatoms. The van der Waals surface area contributed by atoms with Crippen LogP contribution in [0.15, 0.2) is 59.0 Å². The fourth-order valence-corrected chi connectivity index (χ4v) is 9.63. The number of aliphatic hydroxyl groups excluding tert-OH is 1. The second kappa shape index (κ2) is 18.9. The van der Waals surface area contributed by atoms with Gasteiger partial charge in [-0.25, -0.2) is 4.98 Å². The topological polar surface area (TPSA) is 172 Å². The fourth-order valence-electron chi connectivity index (χ4n) is 7.48. The number of β-amino-alcohol motifs (C(OH)–C–C–N with tert-alkyl or cyclic N) is 1. The first-order valence-corrected chi connectivity index (χ1v) is 22.4. The first kappa shape index (κ1) is 45.4. The quantitative estimate of drug-likeness (QED) is 0.130. The predicted octanol–water partition coefficient (Wildman–Crippen LogP) is 7.42. The molecule has 4 atom stereocenters. The van der Waals surface area contributed by atoms with Crippen molar-refractivity contribution < 1.29 is 24.3 Å². The van der Waals surface area contributed by atoms with Crippen molar-refractivity contribution >= 4 is 63.5 Å². The van der Waals surface area contributed by atoms with E-state index in [1.54, 1.807) is 22.7 Å². The Hall–Kier alpha value is -5.09. The number of hydrogen-bond acceptors (Lipinski definition) is 11. The Labute approximate surface area is 369 Å². The van der Waals surface area contributed by atoms with Gasteiger partial charge in [-0.15, -0.1) is 32.9 Å². The molecule has 5 aromatic rings. The molecule has 0 spiro atoms. The number of benzene rings is 2. The van der Waals surface area contributed by atoms with Crippen LogP contribution in [-0.2, 0) is 25.7 Å². The van der Waals surface area contributed by atoms with Crippen LogP contribution in [0.5, 0.6) is 0 Å². The Morgan fingerprint density at radius 2 is 1.66 bits per heavy atom. The number of carbonyl (C=O) groups is 4. The molecule has 322 valence electrons. The van der Waals surface area contributed by atoms with E-state index >= 15 is 0 Å². The van der Waals surface area contributed by atoms with Crippen LogP contribution >= 0.6 is 34.3 Å². The number of halogens is 1. The molecule has 2 aromatic carbocycles. The monoisotopic (exact) mass is 884 g/mol. The van der Waals surface area contributed by atoms with Crippen LogP contribution in [0.3, 0.4) is 0 Å². The standard InChI is InChI=1S/C24H32N4O4S.C21H21ClN4OS/c1-14-20(33-13-26-14)17-8-6-16(7-9-17)11-25-22(31)19-10-18(30)12-28(19)23(32)21(24(3,4)5)27-15(2)29;1-5-16(27)10-17-20-25-24-13(4)26(20)21-18(11(2)12(3)28-21)19(23-17)14-6-8-15(22)9-7-14/h6-9,13,18-19,21,30H,10-12H2,1-5H3,(H,25,31)(H,27,29);6-9,17H,5,10H2,1-4H3/t18-,19+,21-;17-/m10/s1. The van der Waals surface area contributed by atoms with Crippen molar-refractivity contribution in [3.8, 4) is 15.4 Å². The number of Topliss-reactive ketones (excluding diaryl/α,β-unsaturated/α-hetero) is 1. The molecule has 7 rings (SSSR count). The Kier molecular flexibility index (Phi) is 14.1. The van der Waals surface area contributed by atoms with Gasteiger partial charge in [0.15, 0.2) is 5.82 Å². The van der Waals surface area contributed by atoms with Crippen LogP contribution in [0.4, 0.5) is 0 Å². The molecule has 3 aromatic heterocycles. The van der Waals surface area contributed by atoms with Crippen molar-refractivity contribution in [2.75, 3.05) is 6.54 Å². The average molecular weight is 886 g/mol. The summed E-state index contributed by atoms with van der Waals surface area (Å²) >= 11 is 9.40. The van der Waals surface area contributed by atoms with E-state index in [2.05, 4.69) is 44.2 Å². The molecule has 0 unspecified atom stereocenters. The minimum absolute atomic E-state index is 0.0615. The third kappa shape index (κ3) is 10.2. The number of nitrogens with zero attached hydrogens (tertiary/aromatic N) is 6. The normalized spacial score (nSPS) is 17.6. The summed E-state index contributed by atoms with van der Waals surface area (Å²) in [6.45, 7) is 17.3. The number of amides is 3. The number of ketones is 1. The maximum absolute atomic E-state index is 13.3. The van der Waals surface area contributed by atoms with Gasteiger partial charge in [0.1, 0.15) is 34.7 Å². The van der Waals surface area contributed by atoms with E-state index in [1.807, 2.05) is 95.6 Å². The molecule has 0 saturated carbocycles. The molecular formula is C45H53ClN8O5S2. The van der Waals surface area contributed by atoms with Crippen molar-refractivity contribution in [1.29, 1.82) is 0 Å². The van der Waals surface area contributed by atoms with E-state index in [-0.39, 0.29) is 42.5 Å².